The number of rotatable bonds is 5. The van der Waals surface area contributed by atoms with E-state index in [9.17, 15) is 0 Å². The molecule has 2 aromatic heterocycles. The van der Waals surface area contributed by atoms with E-state index >= 15 is 0 Å². The zero-order valence-corrected chi connectivity index (χ0v) is 16.6. The minimum Gasteiger partial charge on any atom is -0.445 e. The first-order valence-corrected chi connectivity index (χ1v) is 8.99. The van der Waals surface area contributed by atoms with Gasteiger partial charge in [0.05, 0.1) is 18.2 Å². The van der Waals surface area contributed by atoms with Crippen molar-refractivity contribution < 1.29 is 4.42 Å². The number of oxazole rings is 1. The van der Waals surface area contributed by atoms with Crippen LogP contribution in [0.25, 0.3) is 0 Å². The third kappa shape index (κ3) is 4.49. The van der Waals surface area contributed by atoms with E-state index in [1.54, 1.807) is 0 Å². The second-order valence-electron chi connectivity index (χ2n) is 9.07. The van der Waals surface area contributed by atoms with Crippen molar-refractivity contribution in [2.45, 2.75) is 91.0 Å². The Kier molecular flexibility index (Phi) is 5.26. The zero-order valence-electron chi connectivity index (χ0n) is 16.6. The molecule has 134 valence electrons. The number of hydrogen-bond donors (Lipinski definition) is 0. The molecule has 0 spiro atoms. The van der Waals surface area contributed by atoms with Gasteiger partial charge in [0.15, 0.2) is 5.89 Å². The minimum absolute atomic E-state index is 0.0367. The molecule has 0 N–H and O–H groups in total. The highest BCUT2D eigenvalue weighted by atomic mass is 16.4. The van der Waals surface area contributed by atoms with Gasteiger partial charge in [0.1, 0.15) is 5.76 Å². The van der Waals surface area contributed by atoms with E-state index in [1.807, 2.05) is 12.5 Å². The Labute approximate surface area is 146 Å². The van der Waals surface area contributed by atoms with Crippen molar-refractivity contribution in [2.24, 2.45) is 0 Å². The Hall–Kier alpha value is -1.58. The molecule has 0 fully saturated rings. The van der Waals surface area contributed by atoms with Crippen LogP contribution in [0.4, 0.5) is 0 Å². The summed E-state index contributed by atoms with van der Waals surface area (Å²) in [6, 6.07) is 0. The molecule has 0 amide bonds. The smallest absolute Gasteiger partial charge is 0.199 e. The fourth-order valence-electron chi connectivity index (χ4n) is 2.61. The third-order valence-electron chi connectivity index (χ3n) is 4.57. The average molecular weight is 332 g/mol. The monoisotopic (exact) mass is 331 g/mol. The van der Waals surface area contributed by atoms with E-state index in [4.69, 9.17) is 4.42 Å². The number of aromatic nitrogens is 3. The number of imidazole rings is 1. The SMILES string of the molecule is CC(CCC(C)c1cnc(C(C)(C)C)o1)c1cn(C(C)(C)C)cn1. The minimum atomic E-state index is -0.0367. The van der Waals surface area contributed by atoms with Crippen LogP contribution in [-0.4, -0.2) is 14.5 Å². The average Bonchev–Trinajstić information content (AvgIpc) is 3.11. The van der Waals surface area contributed by atoms with Gasteiger partial charge in [-0.1, -0.05) is 34.6 Å². The van der Waals surface area contributed by atoms with E-state index in [0.29, 0.717) is 11.8 Å². The van der Waals surface area contributed by atoms with Crippen LogP contribution in [0.1, 0.15) is 97.4 Å². The van der Waals surface area contributed by atoms with Gasteiger partial charge in [-0.05, 0) is 39.5 Å². The fraction of sp³-hybridized carbons (Fsp3) is 0.700. The lowest BCUT2D eigenvalue weighted by molar-refractivity contribution is 0.354. The van der Waals surface area contributed by atoms with Gasteiger partial charge in [0, 0.05) is 23.1 Å². The van der Waals surface area contributed by atoms with Gasteiger partial charge in [-0.15, -0.1) is 0 Å². The van der Waals surface area contributed by atoms with E-state index in [0.717, 1.165) is 24.5 Å². The molecule has 4 nitrogen and oxygen atoms in total. The Morgan fingerprint density at radius 3 is 2.12 bits per heavy atom. The maximum Gasteiger partial charge on any atom is 0.199 e. The first kappa shape index (κ1) is 18.8. The zero-order chi connectivity index (χ0) is 18.1. The van der Waals surface area contributed by atoms with E-state index < -0.39 is 0 Å². The molecule has 0 bridgehead atoms. The molecule has 0 aliphatic heterocycles. The first-order valence-electron chi connectivity index (χ1n) is 8.99. The van der Waals surface area contributed by atoms with Gasteiger partial charge >= 0.3 is 0 Å². The second kappa shape index (κ2) is 6.73. The molecule has 0 aromatic carbocycles. The number of hydrogen-bond acceptors (Lipinski definition) is 3. The van der Waals surface area contributed by atoms with E-state index in [1.165, 1.54) is 5.69 Å². The normalized spacial score (nSPS) is 15.5. The van der Waals surface area contributed by atoms with E-state index in [-0.39, 0.29) is 11.0 Å². The highest BCUT2D eigenvalue weighted by Gasteiger charge is 2.22. The summed E-state index contributed by atoms with van der Waals surface area (Å²) in [6.07, 6.45) is 8.18. The van der Waals surface area contributed by atoms with Crippen molar-refractivity contribution in [1.29, 1.82) is 0 Å². The molecular formula is C20H33N3O. The molecule has 0 saturated carbocycles. The Morgan fingerprint density at radius 1 is 1.00 bits per heavy atom. The van der Waals surface area contributed by atoms with Crippen LogP contribution < -0.4 is 0 Å². The van der Waals surface area contributed by atoms with Gasteiger partial charge in [-0.2, -0.15) is 0 Å². The standard InChI is InChI=1S/C20H33N3O/c1-14(16-12-23(13-22-16)20(6,7)8)9-10-15(2)17-11-21-18(24-17)19(3,4)5/h11-15H,9-10H2,1-8H3. The fourth-order valence-corrected chi connectivity index (χ4v) is 2.61. The Bertz CT molecular complexity index is 597. The summed E-state index contributed by atoms with van der Waals surface area (Å²) < 4.78 is 8.15. The lowest BCUT2D eigenvalue weighted by atomic mass is 9.95. The van der Waals surface area contributed by atoms with Crippen LogP contribution in [0.3, 0.4) is 0 Å². The summed E-state index contributed by atoms with van der Waals surface area (Å²) in [5, 5.41) is 0. The molecule has 0 saturated heterocycles. The molecule has 24 heavy (non-hydrogen) atoms. The predicted octanol–water partition coefficient (Wildman–Crippen LogP) is 5.61. The van der Waals surface area contributed by atoms with Crippen molar-refractivity contribution in [3.63, 3.8) is 0 Å². The molecule has 2 atom stereocenters. The van der Waals surface area contributed by atoms with Crippen LogP contribution in [0, 0.1) is 0 Å². The van der Waals surface area contributed by atoms with Crippen LogP contribution >= 0.6 is 0 Å². The van der Waals surface area contributed by atoms with Crippen molar-refractivity contribution in [2.75, 3.05) is 0 Å². The number of nitrogens with zero attached hydrogens (tertiary/aromatic N) is 3. The van der Waals surface area contributed by atoms with Gasteiger partial charge in [0.2, 0.25) is 0 Å². The summed E-state index contributed by atoms with van der Waals surface area (Å²) in [5.74, 6) is 2.63. The van der Waals surface area contributed by atoms with Crippen molar-refractivity contribution in [1.82, 2.24) is 14.5 Å². The maximum absolute atomic E-state index is 5.97. The van der Waals surface area contributed by atoms with Crippen LogP contribution in [-0.2, 0) is 11.0 Å². The summed E-state index contributed by atoms with van der Waals surface area (Å²) >= 11 is 0. The molecule has 2 heterocycles. The lowest BCUT2D eigenvalue weighted by Crippen LogP contribution is -2.19. The van der Waals surface area contributed by atoms with Gasteiger partial charge < -0.3 is 8.98 Å². The molecular weight excluding hydrogens is 298 g/mol. The molecule has 4 heteroatoms. The summed E-state index contributed by atoms with van der Waals surface area (Å²) in [7, 11) is 0. The van der Waals surface area contributed by atoms with Crippen molar-refractivity contribution in [3.8, 4) is 0 Å². The molecule has 0 radical (unpaired) electrons. The second-order valence-corrected chi connectivity index (χ2v) is 9.07. The largest absolute Gasteiger partial charge is 0.445 e. The summed E-state index contributed by atoms with van der Waals surface area (Å²) in [4.78, 5) is 9.04. The van der Waals surface area contributed by atoms with Gasteiger partial charge in [0.25, 0.3) is 0 Å². The summed E-state index contributed by atoms with van der Waals surface area (Å²) in [6.45, 7) is 17.4. The highest BCUT2D eigenvalue weighted by molar-refractivity contribution is 5.08. The van der Waals surface area contributed by atoms with E-state index in [2.05, 4.69) is 76.1 Å². The van der Waals surface area contributed by atoms with Crippen LogP contribution in [0.2, 0.25) is 0 Å². The lowest BCUT2D eigenvalue weighted by Gasteiger charge is -2.20. The first-order chi connectivity index (χ1) is 11.0. The molecule has 2 rings (SSSR count). The molecule has 0 aliphatic carbocycles. The Balaban J connectivity index is 1.95. The van der Waals surface area contributed by atoms with Crippen molar-refractivity contribution >= 4 is 0 Å². The molecule has 0 aliphatic rings. The summed E-state index contributed by atoms with van der Waals surface area (Å²) in [5.41, 5.74) is 1.22. The molecule has 2 aromatic rings. The van der Waals surface area contributed by atoms with Crippen LogP contribution in [0.5, 0.6) is 0 Å². The van der Waals surface area contributed by atoms with Crippen LogP contribution in [0.15, 0.2) is 23.1 Å². The Morgan fingerprint density at radius 2 is 1.62 bits per heavy atom. The molecule has 2 unspecified atom stereocenters. The maximum atomic E-state index is 5.97. The van der Waals surface area contributed by atoms with Gasteiger partial charge in [-0.25, -0.2) is 9.97 Å². The van der Waals surface area contributed by atoms with Crippen molar-refractivity contribution in [3.05, 3.63) is 36.1 Å². The third-order valence-corrected chi connectivity index (χ3v) is 4.57. The highest BCUT2D eigenvalue weighted by Crippen LogP contribution is 2.30. The quantitative estimate of drug-likeness (QED) is 0.715. The van der Waals surface area contributed by atoms with Gasteiger partial charge in [-0.3, -0.25) is 0 Å². The predicted molar refractivity (Wildman–Crippen MR) is 98.5 cm³/mol. The topological polar surface area (TPSA) is 43.9 Å².